The summed E-state index contributed by atoms with van der Waals surface area (Å²) in [6.07, 6.45) is -2.32. The van der Waals surface area contributed by atoms with Crippen LogP contribution in [-0.2, 0) is 39.9 Å². The summed E-state index contributed by atoms with van der Waals surface area (Å²) in [4.78, 5) is 42.4. The largest absolute Gasteiger partial charge is 0.468 e. The number of carbonyl (C=O) groups excluding carboxylic acids is 3. The fourth-order valence-corrected chi connectivity index (χ4v) is 6.02. The number of nitrogens with one attached hydrogen (secondary N) is 1. The van der Waals surface area contributed by atoms with Crippen molar-refractivity contribution in [2.45, 2.75) is 62.0 Å². The van der Waals surface area contributed by atoms with E-state index in [0.29, 0.717) is 0 Å². The maximum absolute atomic E-state index is 13.7. The van der Waals surface area contributed by atoms with Crippen molar-refractivity contribution in [1.82, 2.24) is 10.2 Å². The van der Waals surface area contributed by atoms with Crippen LogP contribution in [0.1, 0.15) is 19.4 Å². The molecule has 0 bridgehead atoms. The maximum Gasteiger partial charge on any atom is 0.325 e. The molecule has 13 heteroatoms. The van der Waals surface area contributed by atoms with Gasteiger partial charge in [-0.15, -0.1) is 11.8 Å². The molecule has 0 aliphatic carbocycles. The molecule has 35 heavy (non-hydrogen) atoms. The van der Waals surface area contributed by atoms with Crippen LogP contribution in [0.3, 0.4) is 0 Å². The van der Waals surface area contributed by atoms with Gasteiger partial charge in [-0.3, -0.25) is 14.4 Å². The van der Waals surface area contributed by atoms with Crippen LogP contribution in [0, 0.1) is 0 Å². The average Bonchev–Trinajstić information content (AvgIpc) is 3.40. The number of azide groups is 1. The van der Waals surface area contributed by atoms with Crippen LogP contribution < -0.4 is 5.32 Å². The zero-order valence-corrected chi connectivity index (χ0v) is 20.3. The van der Waals surface area contributed by atoms with Crippen molar-refractivity contribution in [3.63, 3.8) is 0 Å². The molecular weight excluding hydrogens is 478 g/mol. The van der Waals surface area contributed by atoms with Gasteiger partial charge in [-0.2, -0.15) is 0 Å². The predicted molar refractivity (Wildman–Crippen MR) is 124 cm³/mol. The first-order chi connectivity index (χ1) is 16.8. The second-order valence-corrected chi connectivity index (χ2v) is 9.90. The van der Waals surface area contributed by atoms with Gasteiger partial charge in [0.1, 0.15) is 42.3 Å². The Kier molecular flexibility index (Phi) is 7.53. The molecule has 0 spiro atoms. The number of ether oxygens (including phenoxy) is 4. The molecule has 3 saturated heterocycles. The summed E-state index contributed by atoms with van der Waals surface area (Å²) in [6, 6.07) is 7.36. The van der Waals surface area contributed by atoms with Gasteiger partial charge in [0.15, 0.2) is 5.79 Å². The topological polar surface area (TPSA) is 152 Å². The number of nitrogens with zero attached hydrogens (tertiary/aromatic N) is 4. The third kappa shape index (κ3) is 5.24. The van der Waals surface area contributed by atoms with E-state index >= 15 is 0 Å². The lowest BCUT2D eigenvalue weighted by atomic mass is 10.0. The molecule has 188 valence electrons. The SMILES string of the molecule is COC(=O)CNC(=O)[C@@H]1CS[C@H]2[C@@H](OCc3ccccc3)[C@H]3OC(C)(C)O[C@@H]3[C@@H](N=[N+]=[N-])C(=O)N12. The van der Waals surface area contributed by atoms with Crippen LogP contribution in [0.25, 0.3) is 10.4 Å². The van der Waals surface area contributed by atoms with Gasteiger partial charge in [0, 0.05) is 10.7 Å². The number of esters is 1. The molecule has 3 aliphatic heterocycles. The molecule has 0 saturated carbocycles. The van der Waals surface area contributed by atoms with Gasteiger partial charge in [-0.1, -0.05) is 35.4 Å². The van der Waals surface area contributed by atoms with Crippen molar-refractivity contribution >= 4 is 29.5 Å². The Morgan fingerprint density at radius 2 is 2.00 bits per heavy atom. The molecule has 3 fully saturated rings. The van der Waals surface area contributed by atoms with Crippen molar-refractivity contribution in [2.24, 2.45) is 5.11 Å². The molecule has 3 aliphatic rings. The second kappa shape index (κ2) is 10.4. The molecule has 6 atom stereocenters. The third-order valence-corrected chi connectivity index (χ3v) is 7.37. The van der Waals surface area contributed by atoms with Crippen LogP contribution in [-0.4, -0.2) is 83.6 Å². The first-order valence-electron chi connectivity index (χ1n) is 11.1. The summed E-state index contributed by atoms with van der Waals surface area (Å²) in [7, 11) is 1.22. The van der Waals surface area contributed by atoms with Crippen LogP contribution in [0.2, 0.25) is 0 Å². The van der Waals surface area contributed by atoms with Crippen LogP contribution in [0.15, 0.2) is 35.4 Å². The highest BCUT2D eigenvalue weighted by Crippen LogP contribution is 2.44. The number of benzene rings is 1. The number of thioether (sulfide) groups is 1. The summed E-state index contributed by atoms with van der Waals surface area (Å²) in [5, 5.41) is 5.64. The minimum atomic E-state index is -1.26. The Balaban J connectivity index is 1.66. The summed E-state index contributed by atoms with van der Waals surface area (Å²) in [6.45, 7) is 3.35. The standard InChI is InChI=1S/C22H27N5O7S/c1-22(2)33-16-15(25-26-23)20(30)27-13(19(29)24-9-14(28)31-3)11-35-21(27)18(17(16)34-22)32-10-12-7-5-4-6-8-12/h4-8,13,15-18,21H,9-11H2,1-3H3,(H,24,29)/t13-,15+,16+,17-,18-,21-/m0/s1. The first-order valence-corrected chi connectivity index (χ1v) is 12.1. The lowest BCUT2D eigenvalue weighted by molar-refractivity contribution is -0.171. The monoisotopic (exact) mass is 505 g/mol. The lowest BCUT2D eigenvalue weighted by Crippen LogP contribution is -2.55. The van der Waals surface area contributed by atoms with Crippen molar-refractivity contribution in [1.29, 1.82) is 0 Å². The number of rotatable bonds is 7. The highest BCUT2D eigenvalue weighted by Gasteiger charge is 2.60. The highest BCUT2D eigenvalue weighted by molar-refractivity contribution is 8.00. The summed E-state index contributed by atoms with van der Waals surface area (Å²) < 4.78 is 23.1. The molecular formula is C22H27N5O7S. The van der Waals surface area contributed by atoms with Gasteiger partial charge in [0.25, 0.3) is 0 Å². The van der Waals surface area contributed by atoms with E-state index in [1.807, 2.05) is 30.3 Å². The smallest absolute Gasteiger partial charge is 0.325 e. The Hall–Kier alpha value is -2.83. The van der Waals surface area contributed by atoms with E-state index in [9.17, 15) is 19.9 Å². The normalized spacial score (nSPS) is 31.1. The van der Waals surface area contributed by atoms with Gasteiger partial charge in [-0.05, 0) is 24.9 Å². The first kappa shape index (κ1) is 25.3. The van der Waals surface area contributed by atoms with E-state index < -0.39 is 59.3 Å². The van der Waals surface area contributed by atoms with E-state index in [1.54, 1.807) is 13.8 Å². The molecule has 1 aromatic rings. The number of hydrogen-bond acceptors (Lipinski definition) is 9. The van der Waals surface area contributed by atoms with Crippen molar-refractivity contribution < 1.29 is 33.3 Å². The summed E-state index contributed by atoms with van der Waals surface area (Å²) >= 11 is 1.37. The summed E-state index contributed by atoms with van der Waals surface area (Å²) in [5.74, 6) is -2.46. The number of fused-ring (bicyclic) bond motifs is 2. The quantitative estimate of drug-likeness (QED) is 0.252. The predicted octanol–water partition coefficient (Wildman–Crippen LogP) is 1.34. The van der Waals surface area contributed by atoms with Crippen LogP contribution in [0.4, 0.5) is 0 Å². The molecule has 0 unspecified atom stereocenters. The zero-order chi connectivity index (χ0) is 25.2. The van der Waals surface area contributed by atoms with E-state index in [4.69, 9.17) is 14.2 Å². The molecule has 4 rings (SSSR count). The molecule has 3 heterocycles. The third-order valence-electron chi connectivity index (χ3n) is 6.02. The fraction of sp³-hybridized carbons (Fsp3) is 0.591. The Morgan fingerprint density at radius 1 is 1.29 bits per heavy atom. The zero-order valence-electron chi connectivity index (χ0n) is 19.5. The minimum absolute atomic E-state index is 0.239. The molecule has 0 radical (unpaired) electrons. The lowest BCUT2D eigenvalue weighted by Gasteiger charge is -2.34. The average molecular weight is 506 g/mol. The molecule has 2 amide bonds. The number of amides is 2. The molecule has 1 aromatic carbocycles. The van der Waals surface area contributed by atoms with E-state index in [1.165, 1.54) is 23.8 Å². The van der Waals surface area contributed by atoms with Crippen LogP contribution >= 0.6 is 11.8 Å². The van der Waals surface area contributed by atoms with Gasteiger partial charge >= 0.3 is 5.97 Å². The minimum Gasteiger partial charge on any atom is -0.468 e. The highest BCUT2D eigenvalue weighted by atomic mass is 32.2. The molecule has 0 aromatic heterocycles. The van der Waals surface area contributed by atoms with Crippen molar-refractivity contribution in [3.8, 4) is 0 Å². The van der Waals surface area contributed by atoms with Gasteiger partial charge in [0.2, 0.25) is 11.8 Å². The van der Waals surface area contributed by atoms with Crippen molar-refractivity contribution in [3.05, 3.63) is 46.3 Å². The number of methoxy groups -OCH3 is 1. The van der Waals surface area contributed by atoms with Crippen molar-refractivity contribution in [2.75, 3.05) is 19.4 Å². The Morgan fingerprint density at radius 3 is 2.69 bits per heavy atom. The summed E-state index contributed by atoms with van der Waals surface area (Å²) in [5.41, 5.74) is 10.1. The molecule has 1 N–H and O–H groups in total. The van der Waals surface area contributed by atoms with E-state index in [2.05, 4.69) is 20.1 Å². The van der Waals surface area contributed by atoms with Gasteiger partial charge in [-0.25, -0.2) is 0 Å². The molecule has 12 nitrogen and oxygen atoms in total. The number of carbonyl (C=O) groups is 3. The fourth-order valence-electron chi connectivity index (χ4n) is 4.50. The Labute approximate surface area is 206 Å². The van der Waals surface area contributed by atoms with Crippen LogP contribution in [0.5, 0.6) is 0 Å². The van der Waals surface area contributed by atoms with Gasteiger partial charge < -0.3 is 29.2 Å². The van der Waals surface area contributed by atoms with E-state index in [-0.39, 0.29) is 18.9 Å². The number of hydrogen-bond donors (Lipinski definition) is 1. The second-order valence-electron chi connectivity index (χ2n) is 8.75. The van der Waals surface area contributed by atoms with E-state index in [0.717, 1.165) is 5.56 Å². The maximum atomic E-state index is 13.7. The Bertz CT molecular complexity index is 1020. The van der Waals surface area contributed by atoms with Gasteiger partial charge in [0.05, 0.1) is 13.7 Å².